The van der Waals surface area contributed by atoms with Crippen molar-refractivity contribution in [1.29, 1.82) is 0 Å². The maximum Gasteiger partial charge on any atom is 0.329 e. The average molecular weight is 298 g/mol. The Morgan fingerprint density at radius 2 is 2.21 bits per heavy atom. The molecule has 1 atom stereocenters. The molecule has 5 nitrogen and oxygen atoms in total. The van der Waals surface area contributed by atoms with Crippen LogP contribution in [0.5, 0.6) is 0 Å². The molecule has 0 aliphatic carbocycles. The minimum absolute atomic E-state index is 0.101. The highest BCUT2D eigenvalue weighted by atomic mass is 32.1. The number of thiophene rings is 1. The van der Waals surface area contributed by atoms with Gasteiger partial charge in [0.2, 0.25) is 0 Å². The second kappa shape index (κ2) is 5.26. The van der Waals surface area contributed by atoms with Gasteiger partial charge in [0.1, 0.15) is 10.9 Å². The van der Waals surface area contributed by atoms with Gasteiger partial charge < -0.3 is 9.72 Å². The van der Waals surface area contributed by atoms with Crippen molar-refractivity contribution in [2.75, 3.05) is 7.11 Å². The molecule has 0 aromatic carbocycles. The molecular weight excluding hydrogens is 284 g/mol. The monoisotopic (exact) mass is 298 g/mol. The van der Waals surface area contributed by atoms with Crippen molar-refractivity contribution >= 4 is 39.7 Å². The van der Waals surface area contributed by atoms with Gasteiger partial charge in [-0.05, 0) is 29.6 Å². The summed E-state index contributed by atoms with van der Waals surface area (Å²) in [4.78, 5) is 28.0. The summed E-state index contributed by atoms with van der Waals surface area (Å²) in [5.41, 5.74) is -0.260. The molecule has 1 N–H and O–H groups in total. The fourth-order valence-electron chi connectivity index (χ4n) is 2.00. The summed E-state index contributed by atoms with van der Waals surface area (Å²) in [5, 5.41) is 2.35. The fraction of sp³-hybridized carbons (Fsp3) is 0.417. The summed E-state index contributed by atoms with van der Waals surface area (Å²) < 4.78 is 6.32. The molecule has 0 saturated carbocycles. The minimum atomic E-state index is -0.717. The molecule has 0 amide bonds. The number of H-pyrrole nitrogens is 1. The maximum atomic E-state index is 12.5. The van der Waals surface area contributed by atoms with Crippen LogP contribution in [0.1, 0.15) is 19.9 Å². The van der Waals surface area contributed by atoms with Crippen molar-refractivity contribution in [2.24, 2.45) is 5.92 Å². The van der Waals surface area contributed by atoms with Crippen LogP contribution < -0.4 is 5.56 Å². The van der Waals surface area contributed by atoms with Crippen molar-refractivity contribution < 1.29 is 9.53 Å². The highest BCUT2D eigenvalue weighted by molar-refractivity contribution is 7.71. The minimum Gasteiger partial charge on any atom is -0.467 e. The normalized spacial score (nSPS) is 12.8. The molecular formula is C12H14N2O3S2. The topological polar surface area (TPSA) is 64.1 Å². The van der Waals surface area contributed by atoms with Crippen LogP contribution in [0.3, 0.4) is 0 Å². The smallest absolute Gasteiger partial charge is 0.329 e. The lowest BCUT2D eigenvalue weighted by Crippen LogP contribution is -2.34. The predicted molar refractivity (Wildman–Crippen MR) is 77.2 cm³/mol. The molecule has 0 spiro atoms. The Labute approximate surface area is 118 Å². The van der Waals surface area contributed by atoms with Gasteiger partial charge in [0.25, 0.3) is 5.56 Å². The number of hydrogen-bond donors (Lipinski definition) is 1. The first-order valence-corrected chi connectivity index (χ1v) is 7.06. The largest absolute Gasteiger partial charge is 0.467 e. The van der Waals surface area contributed by atoms with Gasteiger partial charge in [-0.2, -0.15) is 0 Å². The van der Waals surface area contributed by atoms with E-state index in [1.165, 1.54) is 23.0 Å². The van der Waals surface area contributed by atoms with Gasteiger partial charge in [-0.3, -0.25) is 9.36 Å². The van der Waals surface area contributed by atoms with Crippen molar-refractivity contribution in [3.8, 4) is 0 Å². The van der Waals surface area contributed by atoms with Crippen LogP contribution in [0.2, 0.25) is 0 Å². The number of rotatable bonds is 3. The van der Waals surface area contributed by atoms with Gasteiger partial charge in [0.05, 0.1) is 12.5 Å². The Morgan fingerprint density at radius 3 is 2.79 bits per heavy atom. The summed E-state index contributed by atoms with van der Waals surface area (Å²) in [6.07, 6.45) is 0. The number of nitrogens with one attached hydrogen (secondary N) is 1. The van der Waals surface area contributed by atoms with Crippen LogP contribution in [0, 0.1) is 10.7 Å². The van der Waals surface area contributed by atoms with E-state index < -0.39 is 12.0 Å². The Kier molecular flexibility index (Phi) is 3.86. The first kappa shape index (κ1) is 14.0. The summed E-state index contributed by atoms with van der Waals surface area (Å²) in [5.74, 6) is -0.567. The third-order valence-corrected chi connectivity index (χ3v) is 4.03. The van der Waals surface area contributed by atoms with Gasteiger partial charge in [-0.15, -0.1) is 11.3 Å². The van der Waals surface area contributed by atoms with E-state index in [0.717, 1.165) is 4.83 Å². The van der Waals surface area contributed by atoms with Crippen molar-refractivity contribution in [1.82, 2.24) is 9.55 Å². The van der Waals surface area contributed by atoms with Gasteiger partial charge in [0.15, 0.2) is 4.77 Å². The quantitative estimate of drug-likeness (QED) is 0.698. The van der Waals surface area contributed by atoms with Crippen LogP contribution >= 0.6 is 23.6 Å². The number of fused-ring (bicyclic) bond motifs is 1. The van der Waals surface area contributed by atoms with E-state index in [-0.39, 0.29) is 16.2 Å². The van der Waals surface area contributed by atoms with E-state index in [1.807, 2.05) is 19.2 Å². The number of carbonyl (C=O) groups excluding carboxylic acids is 1. The molecule has 1 unspecified atom stereocenters. The third-order valence-electron chi connectivity index (χ3n) is 2.91. The van der Waals surface area contributed by atoms with Crippen LogP contribution in [0.25, 0.3) is 10.2 Å². The third kappa shape index (κ3) is 2.35. The van der Waals surface area contributed by atoms with Crippen LogP contribution in [-0.4, -0.2) is 22.6 Å². The van der Waals surface area contributed by atoms with Gasteiger partial charge >= 0.3 is 5.97 Å². The molecule has 0 aliphatic heterocycles. The number of esters is 1. The highest BCUT2D eigenvalue weighted by Crippen LogP contribution is 2.21. The molecule has 102 valence electrons. The zero-order valence-electron chi connectivity index (χ0n) is 10.8. The van der Waals surface area contributed by atoms with Crippen molar-refractivity contribution in [3.05, 3.63) is 26.6 Å². The number of nitrogens with zero attached hydrogens (tertiary/aromatic N) is 1. The van der Waals surface area contributed by atoms with Crippen LogP contribution in [0.4, 0.5) is 0 Å². The van der Waals surface area contributed by atoms with Crippen molar-refractivity contribution in [3.63, 3.8) is 0 Å². The molecule has 19 heavy (non-hydrogen) atoms. The number of aromatic amines is 1. The zero-order chi connectivity index (χ0) is 14.2. The van der Waals surface area contributed by atoms with Gasteiger partial charge in [-0.25, -0.2) is 4.79 Å². The van der Waals surface area contributed by atoms with E-state index in [0.29, 0.717) is 5.39 Å². The molecule has 2 heterocycles. The Hall–Kier alpha value is -1.47. The molecule has 0 radical (unpaired) electrons. The molecule has 2 rings (SSSR count). The fourth-order valence-corrected chi connectivity index (χ4v) is 3.14. The number of aromatic nitrogens is 2. The lowest BCUT2D eigenvalue weighted by Gasteiger charge is -2.20. The standard InChI is InChI=1S/C12H14N2O3S2/c1-6(2)8(11(16)17-3)14-10(15)7-4-5-19-9(7)13-12(14)18/h4-6,8H,1-3H3,(H,13,18). The lowest BCUT2D eigenvalue weighted by molar-refractivity contribution is -0.146. The maximum absolute atomic E-state index is 12.5. The molecule has 2 aromatic rings. The summed E-state index contributed by atoms with van der Waals surface area (Å²) >= 11 is 6.61. The van der Waals surface area contributed by atoms with E-state index in [9.17, 15) is 9.59 Å². The van der Waals surface area contributed by atoms with Crippen LogP contribution in [-0.2, 0) is 9.53 Å². The molecule has 0 fully saturated rings. The highest BCUT2D eigenvalue weighted by Gasteiger charge is 2.27. The Balaban J connectivity index is 2.76. The molecule has 2 aromatic heterocycles. The first-order valence-electron chi connectivity index (χ1n) is 5.77. The summed E-state index contributed by atoms with van der Waals surface area (Å²) in [6.45, 7) is 3.70. The van der Waals surface area contributed by atoms with Crippen molar-refractivity contribution in [2.45, 2.75) is 19.9 Å². The second-order valence-electron chi connectivity index (χ2n) is 4.48. The van der Waals surface area contributed by atoms with Crippen LogP contribution in [0.15, 0.2) is 16.2 Å². The summed E-state index contributed by atoms with van der Waals surface area (Å²) in [7, 11) is 1.30. The SMILES string of the molecule is COC(=O)C(C(C)C)n1c(=S)[nH]c2sccc2c1=O. The number of methoxy groups -OCH3 is 1. The molecule has 0 aliphatic rings. The number of carbonyl (C=O) groups is 1. The van der Waals surface area contributed by atoms with E-state index in [2.05, 4.69) is 4.98 Å². The summed E-state index contributed by atoms with van der Waals surface area (Å²) in [6, 6.07) is 1.00. The van der Waals surface area contributed by atoms with Gasteiger partial charge in [0, 0.05) is 0 Å². The number of ether oxygens (including phenoxy) is 1. The Morgan fingerprint density at radius 1 is 1.53 bits per heavy atom. The predicted octanol–water partition coefficient (Wildman–Crippen LogP) is 2.49. The molecule has 7 heteroatoms. The number of hydrogen-bond acceptors (Lipinski definition) is 5. The molecule has 0 bridgehead atoms. The van der Waals surface area contributed by atoms with Gasteiger partial charge in [-0.1, -0.05) is 13.8 Å². The zero-order valence-corrected chi connectivity index (χ0v) is 12.4. The average Bonchev–Trinajstić information content (AvgIpc) is 2.81. The Bertz CT molecular complexity index is 726. The van der Waals surface area contributed by atoms with E-state index in [1.54, 1.807) is 6.07 Å². The second-order valence-corrected chi connectivity index (χ2v) is 5.78. The molecule has 0 saturated heterocycles. The van der Waals surface area contributed by atoms with E-state index in [4.69, 9.17) is 17.0 Å². The first-order chi connectivity index (χ1) is 8.97. The lowest BCUT2D eigenvalue weighted by atomic mass is 10.0. The van der Waals surface area contributed by atoms with E-state index >= 15 is 0 Å².